The van der Waals surface area contributed by atoms with Gasteiger partial charge in [-0.05, 0) is 39.3 Å². The van der Waals surface area contributed by atoms with Gasteiger partial charge in [-0.3, -0.25) is 4.79 Å². The monoisotopic (exact) mass is 304 g/mol. The maximum Gasteiger partial charge on any atom is 0.183 e. The zero-order valence-electron chi connectivity index (χ0n) is 13.1. The van der Waals surface area contributed by atoms with Gasteiger partial charge >= 0.3 is 0 Å². The van der Waals surface area contributed by atoms with Crippen molar-refractivity contribution in [2.45, 2.75) is 52.1 Å². The van der Waals surface area contributed by atoms with Gasteiger partial charge in [0.25, 0.3) is 0 Å². The van der Waals surface area contributed by atoms with Crippen molar-refractivity contribution in [1.82, 2.24) is 0 Å². The van der Waals surface area contributed by atoms with Crippen molar-refractivity contribution in [2.24, 2.45) is 0 Å². The van der Waals surface area contributed by atoms with Crippen LogP contribution in [0.5, 0.6) is 0 Å². The van der Waals surface area contributed by atoms with E-state index in [1.54, 1.807) is 0 Å². The summed E-state index contributed by atoms with van der Waals surface area (Å²) in [6.07, 6.45) is 2.01. The molecule has 0 aromatic heterocycles. The molecule has 0 atom stereocenters. The van der Waals surface area contributed by atoms with Crippen LogP contribution in [0.25, 0.3) is 0 Å². The Balaban J connectivity index is 3.91. The van der Waals surface area contributed by atoms with Crippen molar-refractivity contribution in [2.75, 3.05) is 13.2 Å². The molecule has 0 spiro atoms. The quantitative estimate of drug-likeness (QED) is 0.402. The summed E-state index contributed by atoms with van der Waals surface area (Å²) in [5.74, 6) is 0.00000661. The van der Waals surface area contributed by atoms with Gasteiger partial charge in [0.15, 0.2) is 22.4 Å². The Morgan fingerprint density at radius 1 is 0.947 bits per heavy atom. The van der Waals surface area contributed by atoms with Gasteiger partial charge in [0.05, 0.1) is 5.76 Å². The number of ketones is 1. The molecule has 0 aromatic carbocycles. The number of carbonyl (C=O) groups excluding carboxylic acids is 1. The number of allylic oxidation sites excluding steroid dienone is 1. The van der Waals surface area contributed by atoms with E-state index in [0.717, 1.165) is 0 Å². The van der Waals surface area contributed by atoms with Crippen molar-refractivity contribution in [3.63, 3.8) is 0 Å². The number of hydrogen-bond acceptors (Lipinski definition) is 4. The minimum atomic E-state index is -1.56. The predicted molar refractivity (Wildman–Crippen MR) is 83.5 cm³/mol. The highest BCUT2D eigenvalue weighted by Gasteiger charge is 2.15. The first-order valence-electron chi connectivity index (χ1n) is 6.70. The second-order valence-corrected chi connectivity index (χ2v) is 15.6. The highest BCUT2D eigenvalue weighted by atomic mass is 28.4. The van der Waals surface area contributed by atoms with E-state index in [9.17, 15) is 9.90 Å². The highest BCUT2D eigenvalue weighted by Crippen LogP contribution is 2.07. The average molecular weight is 305 g/mol. The largest absolute Gasteiger partial charge is 0.512 e. The lowest BCUT2D eigenvalue weighted by Crippen LogP contribution is -2.26. The normalized spacial score (nSPS) is 13.7. The summed E-state index contributed by atoms with van der Waals surface area (Å²) >= 11 is 0. The maximum atomic E-state index is 11.6. The molecule has 0 aliphatic rings. The van der Waals surface area contributed by atoms with E-state index in [1.165, 1.54) is 6.08 Å². The second kappa shape index (κ2) is 7.99. The van der Waals surface area contributed by atoms with Crippen LogP contribution in [0.1, 0.15) is 12.8 Å². The molecule has 0 bridgehead atoms. The number of aliphatic hydroxyl groups is 1. The van der Waals surface area contributed by atoms with Crippen LogP contribution >= 0.6 is 0 Å². The Kier molecular flexibility index (Phi) is 7.80. The first-order chi connectivity index (χ1) is 8.49. The van der Waals surface area contributed by atoms with Gasteiger partial charge in [0, 0.05) is 32.1 Å². The van der Waals surface area contributed by atoms with Crippen molar-refractivity contribution < 1.29 is 18.8 Å². The molecular weight excluding hydrogens is 276 g/mol. The average Bonchev–Trinajstić information content (AvgIpc) is 2.12. The van der Waals surface area contributed by atoms with E-state index < -0.39 is 16.6 Å². The van der Waals surface area contributed by atoms with E-state index in [2.05, 4.69) is 39.3 Å². The molecule has 0 amide bonds. The van der Waals surface area contributed by atoms with Crippen molar-refractivity contribution in [3.05, 3.63) is 11.8 Å². The zero-order chi connectivity index (χ0) is 15.1. The van der Waals surface area contributed by atoms with Gasteiger partial charge in [-0.1, -0.05) is 0 Å². The molecule has 0 radical (unpaired) electrons. The summed E-state index contributed by atoms with van der Waals surface area (Å²) in [5, 5.41) is 9.62. The van der Waals surface area contributed by atoms with E-state index in [-0.39, 0.29) is 11.5 Å². The van der Waals surface area contributed by atoms with E-state index in [4.69, 9.17) is 8.85 Å². The topological polar surface area (TPSA) is 55.8 Å². The molecule has 0 aliphatic heterocycles. The van der Waals surface area contributed by atoms with Gasteiger partial charge in [-0.15, -0.1) is 0 Å². The van der Waals surface area contributed by atoms with Gasteiger partial charge in [0.1, 0.15) is 0 Å². The molecule has 4 nitrogen and oxygen atoms in total. The van der Waals surface area contributed by atoms with Crippen LogP contribution in [0.15, 0.2) is 11.8 Å². The molecular formula is C13H28O4Si2. The summed E-state index contributed by atoms with van der Waals surface area (Å²) in [5.41, 5.74) is 0. The molecule has 112 valence electrons. The smallest absolute Gasteiger partial charge is 0.183 e. The summed E-state index contributed by atoms with van der Waals surface area (Å²) < 4.78 is 11.2. The molecule has 0 heterocycles. The summed E-state index contributed by atoms with van der Waals surface area (Å²) in [4.78, 5) is 11.6. The van der Waals surface area contributed by atoms with Gasteiger partial charge in [-0.2, -0.15) is 0 Å². The first kappa shape index (κ1) is 18.6. The molecule has 6 heteroatoms. The summed E-state index contributed by atoms with van der Waals surface area (Å²) in [6, 6.07) is 0. The van der Waals surface area contributed by atoms with Crippen LogP contribution in [0, 0.1) is 0 Å². The standard InChI is InChI=1S/C13H28O4Si2/c1-18(2,3)16-9-7-12(14)11-13(15)8-10-17-19(4,5)6/h11,14H,7-10H2,1-6H3. The maximum absolute atomic E-state index is 11.6. The molecule has 0 rings (SSSR count). The first-order valence-corrected chi connectivity index (χ1v) is 13.5. The third-order valence-corrected chi connectivity index (χ3v) is 4.24. The molecule has 0 saturated carbocycles. The van der Waals surface area contributed by atoms with Crippen LogP contribution < -0.4 is 0 Å². The molecule has 0 aliphatic carbocycles. The van der Waals surface area contributed by atoms with Crippen molar-refractivity contribution >= 4 is 22.4 Å². The molecule has 0 fully saturated rings. The lowest BCUT2D eigenvalue weighted by molar-refractivity contribution is -0.115. The molecule has 0 unspecified atom stereocenters. The van der Waals surface area contributed by atoms with Gasteiger partial charge in [0.2, 0.25) is 0 Å². The Hall–Kier alpha value is -0.436. The molecule has 0 aromatic rings. The second-order valence-electron chi connectivity index (χ2n) is 6.52. The number of aliphatic hydroxyl groups excluding tert-OH is 1. The highest BCUT2D eigenvalue weighted by molar-refractivity contribution is 6.70. The number of carbonyl (C=O) groups is 1. The van der Waals surface area contributed by atoms with Gasteiger partial charge in [-0.25, -0.2) is 0 Å². The van der Waals surface area contributed by atoms with Gasteiger partial charge < -0.3 is 14.0 Å². The third kappa shape index (κ3) is 13.8. The van der Waals surface area contributed by atoms with Crippen LogP contribution in [-0.4, -0.2) is 40.7 Å². The van der Waals surface area contributed by atoms with Crippen LogP contribution in [-0.2, 0) is 13.6 Å². The van der Waals surface area contributed by atoms with Crippen molar-refractivity contribution in [1.29, 1.82) is 0 Å². The Morgan fingerprint density at radius 2 is 1.37 bits per heavy atom. The lowest BCUT2D eigenvalue weighted by atomic mass is 10.2. The SMILES string of the molecule is C[Si](C)(C)OCCC(=O)C=C(O)CCO[Si](C)(C)C. The third-order valence-electron chi connectivity index (χ3n) is 2.10. The Bertz CT molecular complexity index is 314. The summed E-state index contributed by atoms with van der Waals surface area (Å²) in [7, 11) is -3.10. The molecule has 1 N–H and O–H groups in total. The molecule has 0 saturated heterocycles. The Morgan fingerprint density at radius 3 is 1.79 bits per heavy atom. The van der Waals surface area contributed by atoms with Crippen molar-refractivity contribution in [3.8, 4) is 0 Å². The molecule has 19 heavy (non-hydrogen) atoms. The minimum Gasteiger partial charge on any atom is -0.512 e. The fraction of sp³-hybridized carbons (Fsp3) is 0.769. The fourth-order valence-corrected chi connectivity index (χ4v) is 2.68. The van der Waals surface area contributed by atoms with Crippen LogP contribution in [0.4, 0.5) is 0 Å². The van der Waals surface area contributed by atoms with Crippen LogP contribution in [0.2, 0.25) is 39.3 Å². The van der Waals surface area contributed by atoms with E-state index in [0.29, 0.717) is 26.1 Å². The predicted octanol–water partition coefficient (Wildman–Crippen LogP) is 3.48. The zero-order valence-corrected chi connectivity index (χ0v) is 15.1. The van der Waals surface area contributed by atoms with Crippen LogP contribution in [0.3, 0.4) is 0 Å². The van der Waals surface area contributed by atoms with E-state index in [1.807, 2.05) is 0 Å². The minimum absolute atomic E-state index is 0.0937. The Labute approximate surface area is 119 Å². The summed E-state index contributed by atoms with van der Waals surface area (Å²) in [6.45, 7) is 13.4. The fourth-order valence-electron chi connectivity index (χ4n) is 1.25. The lowest BCUT2D eigenvalue weighted by Gasteiger charge is -2.17. The van der Waals surface area contributed by atoms with E-state index >= 15 is 0 Å². The number of hydrogen-bond donors (Lipinski definition) is 1. The number of rotatable bonds is 9.